The molecule has 0 atom stereocenters. The van der Waals surface area contributed by atoms with Crippen LogP contribution in [0.5, 0.6) is 0 Å². The zero-order valence-electron chi connectivity index (χ0n) is 13.8. The number of carboxylic acids is 1. The van der Waals surface area contributed by atoms with Gasteiger partial charge < -0.3 is 10.0 Å². The van der Waals surface area contributed by atoms with Crippen LogP contribution in [-0.4, -0.2) is 23.5 Å². The maximum Gasteiger partial charge on any atom is 0.303 e. The van der Waals surface area contributed by atoms with Crippen LogP contribution in [0.2, 0.25) is 5.02 Å². The summed E-state index contributed by atoms with van der Waals surface area (Å²) in [6.07, 6.45) is 6.48. The molecule has 0 aliphatic rings. The van der Waals surface area contributed by atoms with Crippen molar-refractivity contribution in [3.8, 4) is 0 Å². The number of halogens is 1. The first kappa shape index (κ1) is 19.5. The Kier molecular flexibility index (Phi) is 9.37. The summed E-state index contributed by atoms with van der Waals surface area (Å²) in [6.45, 7) is 2.62. The lowest BCUT2D eigenvalue weighted by molar-refractivity contribution is -0.137. The van der Waals surface area contributed by atoms with Gasteiger partial charge >= 0.3 is 5.97 Å². The van der Waals surface area contributed by atoms with Gasteiger partial charge in [-0.05, 0) is 44.0 Å². The van der Waals surface area contributed by atoms with Crippen molar-refractivity contribution >= 4 is 29.2 Å². The number of amides is 1. The van der Waals surface area contributed by atoms with Gasteiger partial charge in [-0.1, -0.05) is 37.3 Å². The van der Waals surface area contributed by atoms with Crippen molar-refractivity contribution in [2.45, 2.75) is 58.3 Å². The summed E-state index contributed by atoms with van der Waals surface area (Å²) >= 11 is 5.87. The number of aliphatic carboxylic acids is 1. The van der Waals surface area contributed by atoms with Crippen LogP contribution in [0.4, 0.5) is 5.69 Å². The van der Waals surface area contributed by atoms with Crippen molar-refractivity contribution < 1.29 is 14.7 Å². The maximum atomic E-state index is 12.3. The molecule has 0 radical (unpaired) electrons. The van der Waals surface area contributed by atoms with E-state index in [0.29, 0.717) is 18.0 Å². The Bertz CT molecular complexity index is 488. The molecule has 128 valence electrons. The molecule has 0 spiro atoms. The van der Waals surface area contributed by atoms with Crippen molar-refractivity contribution in [1.29, 1.82) is 0 Å². The van der Waals surface area contributed by atoms with Crippen LogP contribution in [0.25, 0.3) is 0 Å². The van der Waals surface area contributed by atoms with Gasteiger partial charge in [0.1, 0.15) is 0 Å². The molecule has 23 heavy (non-hydrogen) atoms. The third-order valence-corrected chi connectivity index (χ3v) is 4.04. The highest BCUT2D eigenvalue weighted by Gasteiger charge is 2.13. The number of carbonyl (C=O) groups is 2. The summed E-state index contributed by atoms with van der Waals surface area (Å²) in [4.78, 5) is 24.5. The summed E-state index contributed by atoms with van der Waals surface area (Å²) in [5.41, 5.74) is 0.885. The van der Waals surface area contributed by atoms with E-state index in [2.05, 4.69) is 0 Å². The van der Waals surface area contributed by atoms with Crippen molar-refractivity contribution in [3.05, 3.63) is 29.3 Å². The minimum Gasteiger partial charge on any atom is -0.481 e. The van der Waals surface area contributed by atoms with E-state index in [-0.39, 0.29) is 12.3 Å². The number of carboxylic acid groups (broad SMARTS) is 1. The van der Waals surface area contributed by atoms with E-state index in [0.717, 1.165) is 44.2 Å². The fourth-order valence-corrected chi connectivity index (χ4v) is 2.64. The van der Waals surface area contributed by atoms with E-state index in [1.54, 1.807) is 17.0 Å². The molecule has 5 heteroatoms. The Morgan fingerprint density at radius 2 is 1.48 bits per heavy atom. The van der Waals surface area contributed by atoms with Crippen molar-refractivity contribution in [3.63, 3.8) is 0 Å². The molecule has 0 saturated heterocycles. The van der Waals surface area contributed by atoms with Gasteiger partial charge in [0.25, 0.3) is 0 Å². The lowest BCUT2D eigenvalue weighted by Crippen LogP contribution is -2.30. The summed E-state index contributed by atoms with van der Waals surface area (Å²) in [5.74, 6) is -0.585. The summed E-state index contributed by atoms with van der Waals surface area (Å²) in [7, 11) is 0. The van der Waals surface area contributed by atoms with Gasteiger partial charge in [-0.15, -0.1) is 0 Å². The van der Waals surface area contributed by atoms with E-state index in [1.165, 1.54) is 0 Å². The first-order chi connectivity index (χ1) is 11.0. The van der Waals surface area contributed by atoms with Crippen molar-refractivity contribution in [1.82, 2.24) is 0 Å². The first-order valence-corrected chi connectivity index (χ1v) is 8.70. The maximum absolute atomic E-state index is 12.3. The van der Waals surface area contributed by atoms with E-state index >= 15 is 0 Å². The van der Waals surface area contributed by atoms with E-state index in [9.17, 15) is 9.59 Å². The molecule has 0 heterocycles. The molecule has 1 N–H and O–H groups in total. The number of unbranched alkanes of at least 4 members (excludes halogenated alkanes) is 5. The first-order valence-electron chi connectivity index (χ1n) is 8.32. The summed E-state index contributed by atoms with van der Waals surface area (Å²) in [6, 6.07) is 7.33. The monoisotopic (exact) mass is 339 g/mol. The quantitative estimate of drug-likeness (QED) is 0.583. The largest absolute Gasteiger partial charge is 0.481 e. The fraction of sp³-hybridized carbons (Fsp3) is 0.556. The SMILES string of the molecule is CCN(C(=O)CCCCCCCCC(=O)O)c1ccc(Cl)cc1. The van der Waals surface area contributed by atoms with Crippen molar-refractivity contribution in [2.75, 3.05) is 11.4 Å². The second-order valence-corrected chi connectivity index (χ2v) is 6.07. The van der Waals surface area contributed by atoms with E-state index in [4.69, 9.17) is 16.7 Å². The molecule has 0 saturated carbocycles. The van der Waals surface area contributed by atoms with Gasteiger partial charge in [0.05, 0.1) is 0 Å². The zero-order valence-corrected chi connectivity index (χ0v) is 14.5. The number of benzene rings is 1. The normalized spacial score (nSPS) is 10.5. The molecular formula is C18H26ClNO3. The number of nitrogens with zero attached hydrogens (tertiary/aromatic N) is 1. The van der Waals surface area contributed by atoms with Gasteiger partial charge in [0.2, 0.25) is 5.91 Å². The molecule has 1 aromatic carbocycles. The molecule has 0 aliphatic carbocycles. The number of hydrogen-bond acceptors (Lipinski definition) is 2. The smallest absolute Gasteiger partial charge is 0.303 e. The Labute approximate surface area is 143 Å². The van der Waals surface area contributed by atoms with Crippen LogP contribution in [0.3, 0.4) is 0 Å². The Morgan fingerprint density at radius 3 is 2.00 bits per heavy atom. The van der Waals surface area contributed by atoms with E-state index < -0.39 is 5.97 Å². The second kappa shape index (κ2) is 11.1. The Balaban J connectivity index is 2.21. The lowest BCUT2D eigenvalue weighted by atomic mass is 10.1. The standard InChI is InChI=1S/C18H26ClNO3/c1-2-20(16-13-11-15(19)12-14-16)17(21)9-7-5-3-4-6-8-10-18(22)23/h11-14H,2-10H2,1H3,(H,22,23). The zero-order chi connectivity index (χ0) is 17.1. The molecular weight excluding hydrogens is 314 g/mol. The molecule has 4 nitrogen and oxygen atoms in total. The molecule has 0 aliphatic heterocycles. The fourth-order valence-electron chi connectivity index (χ4n) is 2.52. The molecule has 0 aromatic heterocycles. The van der Waals surface area contributed by atoms with Crippen LogP contribution < -0.4 is 4.90 Å². The average Bonchev–Trinajstić information content (AvgIpc) is 2.52. The Hall–Kier alpha value is -1.55. The topological polar surface area (TPSA) is 57.6 Å². The molecule has 0 unspecified atom stereocenters. The Morgan fingerprint density at radius 1 is 0.957 bits per heavy atom. The van der Waals surface area contributed by atoms with Crippen LogP contribution in [0.15, 0.2) is 24.3 Å². The third-order valence-electron chi connectivity index (χ3n) is 3.79. The number of carbonyl (C=O) groups excluding carboxylic acids is 1. The van der Waals surface area contributed by atoms with Gasteiger partial charge in [-0.2, -0.15) is 0 Å². The third kappa shape index (κ3) is 8.03. The predicted molar refractivity (Wildman–Crippen MR) is 94.1 cm³/mol. The van der Waals surface area contributed by atoms with Crippen LogP contribution in [-0.2, 0) is 9.59 Å². The summed E-state index contributed by atoms with van der Waals surface area (Å²) in [5, 5.41) is 9.22. The van der Waals surface area contributed by atoms with Gasteiger partial charge in [-0.25, -0.2) is 0 Å². The van der Waals surface area contributed by atoms with E-state index in [1.807, 2.05) is 19.1 Å². The van der Waals surface area contributed by atoms with Gasteiger partial charge in [0, 0.05) is 30.1 Å². The van der Waals surface area contributed by atoms with Crippen molar-refractivity contribution in [2.24, 2.45) is 0 Å². The molecule has 0 fully saturated rings. The molecule has 1 rings (SSSR count). The minimum absolute atomic E-state index is 0.140. The van der Waals surface area contributed by atoms with Gasteiger partial charge in [0.15, 0.2) is 0 Å². The van der Waals surface area contributed by atoms with Crippen LogP contribution in [0, 0.1) is 0 Å². The molecule has 0 bridgehead atoms. The number of anilines is 1. The lowest BCUT2D eigenvalue weighted by Gasteiger charge is -2.21. The highest BCUT2D eigenvalue weighted by molar-refractivity contribution is 6.30. The molecule has 1 amide bonds. The second-order valence-electron chi connectivity index (χ2n) is 5.63. The van der Waals surface area contributed by atoms with Gasteiger partial charge in [-0.3, -0.25) is 9.59 Å². The highest BCUT2D eigenvalue weighted by Crippen LogP contribution is 2.19. The highest BCUT2D eigenvalue weighted by atomic mass is 35.5. The minimum atomic E-state index is -0.725. The number of rotatable bonds is 11. The predicted octanol–water partition coefficient (Wildman–Crippen LogP) is 4.90. The van der Waals surface area contributed by atoms with Crippen LogP contribution >= 0.6 is 11.6 Å². The number of hydrogen-bond donors (Lipinski definition) is 1. The summed E-state index contributed by atoms with van der Waals surface area (Å²) < 4.78 is 0. The average molecular weight is 340 g/mol. The molecule has 1 aromatic rings. The van der Waals surface area contributed by atoms with Crippen LogP contribution in [0.1, 0.15) is 58.3 Å².